The standard InChI is InChI=1S/C16H22N2O2/c1-3-10-18-11-4-5-16(18)17-12-15(19)13-6-8-14(20-2)9-7-13/h6-9H,3-5,10-12H2,1-2H3. The van der Waals surface area contributed by atoms with Crippen molar-refractivity contribution in [2.45, 2.75) is 26.2 Å². The van der Waals surface area contributed by atoms with Crippen molar-refractivity contribution < 1.29 is 9.53 Å². The van der Waals surface area contributed by atoms with Crippen LogP contribution in [0.3, 0.4) is 0 Å². The van der Waals surface area contributed by atoms with Crippen molar-refractivity contribution in [2.75, 3.05) is 26.7 Å². The minimum atomic E-state index is 0.0588. The van der Waals surface area contributed by atoms with Gasteiger partial charge in [0.05, 0.1) is 12.9 Å². The minimum Gasteiger partial charge on any atom is -0.497 e. The van der Waals surface area contributed by atoms with Crippen LogP contribution in [0.2, 0.25) is 0 Å². The average Bonchev–Trinajstić information content (AvgIpc) is 2.92. The molecule has 0 spiro atoms. The van der Waals surface area contributed by atoms with Crippen LogP contribution >= 0.6 is 0 Å². The fourth-order valence-corrected chi connectivity index (χ4v) is 2.44. The molecule has 0 radical (unpaired) electrons. The monoisotopic (exact) mass is 274 g/mol. The second-order valence-electron chi connectivity index (χ2n) is 4.97. The minimum absolute atomic E-state index is 0.0588. The fourth-order valence-electron chi connectivity index (χ4n) is 2.44. The van der Waals surface area contributed by atoms with Crippen molar-refractivity contribution in [3.8, 4) is 5.75 Å². The summed E-state index contributed by atoms with van der Waals surface area (Å²) in [6.45, 7) is 4.51. The van der Waals surface area contributed by atoms with Gasteiger partial charge < -0.3 is 9.64 Å². The number of Topliss-reactive ketones (excluding diaryl/α,β-unsaturated/α-hetero) is 1. The Balaban J connectivity index is 1.96. The van der Waals surface area contributed by atoms with Crippen LogP contribution in [0.15, 0.2) is 29.3 Å². The number of likely N-dealkylation sites (tertiary alicyclic amines) is 1. The molecule has 0 aliphatic carbocycles. The molecule has 0 amide bonds. The molecule has 108 valence electrons. The number of rotatable bonds is 6. The molecule has 0 aromatic heterocycles. The number of ketones is 1. The molecule has 0 saturated carbocycles. The van der Waals surface area contributed by atoms with Crippen LogP contribution in [-0.4, -0.2) is 43.3 Å². The summed E-state index contributed by atoms with van der Waals surface area (Å²) in [7, 11) is 1.62. The lowest BCUT2D eigenvalue weighted by atomic mass is 10.1. The summed E-state index contributed by atoms with van der Waals surface area (Å²) in [6.07, 6.45) is 3.26. The molecule has 0 unspecified atom stereocenters. The van der Waals surface area contributed by atoms with E-state index in [4.69, 9.17) is 4.74 Å². The number of amidine groups is 1. The van der Waals surface area contributed by atoms with Crippen LogP contribution < -0.4 is 4.74 Å². The maximum atomic E-state index is 12.1. The first-order valence-electron chi connectivity index (χ1n) is 7.20. The third-order valence-electron chi connectivity index (χ3n) is 3.50. The molecule has 1 heterocycles. The third-order valence-corrected chi connectivity index (χ3v) is 3.50. The van der Waals surface area contributed by atoms with E-state index in [1.165, 1.54) is 0 Å². The van der Waals surface area contributed by atoms with Gasteiger partial charge in [0.2, 0.25) is 0 Å². The molecule has 1 aromatic carbocycles. The Morgan fingerprint density at radius 1 is 1.35 bits per heavy atom. The number of ether oxygens (including phenoxy) is 1. The Kier molecular flexibility index (Phi) is 5.16. The molecule has 0 bridgehead atoms. The quantitative estimate of drug-likeness (QED) is 0.749. The number of hydrogen-bond donors (Lipinski definition) is 0. The van der Waals surface area contributed by atoms with Gasteiger partial charge >= 0.3 is 0 Å². The summed E-state index contributed by atoms with van der Waals surface area (Å²) in [5.74, 6) is 1.91. The fraction of sp³-hybridized carbons (Fsp3) is 0.500. The first-order valence-corrected chi connectivity index (χ1v) is 7.20. The van der Waals surface area contributed by atoms with Gasteiger partial charge in [0.1, 0.15) is 12.3 Å². The highest BCUT2D eigenvalue weighted by Gasteiger charge is 2.17. The zero-order valence-corrected chi connectivity index (χ0v) is 12.3. The lowest BCUT2D eigenvalue weighted by Gasteiger charge is -2.17. The number of carbonyl (C=O) groups is 1. The number of benzene rings is 1. The van der Waals surface area contributed by atoms with E-state index in [0.29, 0.717) is 5.56 Å². The summed E-state index contributed by atoms with van der Waals surface area (Å²) in [6, 6.07) is 7.19. The second kappa shape index (κ2) is 7.08. The predicted molar refractivity (Wildman–Crippen MR) is 80.7 cm³/mol. The first kappa shape index (κ1) is 14.6. The van der Waals surface area contributed by atoms with E-state index in [2.05, 4.69) is 16.8 Å². The van der Waals surface area contributed by atoms with Gasteiger partial charge in [-0.05, 0) is 37.1 Å². The van der Waals surface area contributed by atoms with E-state index in [0.717, 1.165) is 43.9 Å². The molecule has 0 N–H and O–H groups in total. The van der Waals surface area contributed by atoms with Gasteiger partial charge in [0, 0.05) is 25.1 Å². The molecule has 20 heavy (non-hydrogen) atoms. The third kappa shape index (κ3) is 3.59. The molecule has 0 atom stereocenters. The maximum absolute atomic E-state index is 12.1. The largest absolute Gasteiger partial charge is 0.497 e. The van der Waals surface area contributed by atoms with Crippen molar-refractivity contribution in [2.24, 2.45) is 4.99 Å². The average molecular weight is 274 g/mol. The van der Waals surface area contributed by atoms with E-state index in [9.17, 15) is 4.79 Å². The number of methoxy groups -OCH3 is 1. The molecule has 4 nitrogen and oxygen atoms in total. The Morgan fingerprint density at radius 3 is 2.75 bits per heavy atom. The van der Waals surface area contributed by atoms with Crippen LogP contribution in [0, 0.1) is 0 Å². The summed E-state index contributed by atoms with van der Waals surface area (Å²) in [4.78, 5) is 18.9. The zero-order chi connectivity index (χ0) is 14.4. The van der Waals surface area contributed by atoms with Gasteiger partial charge in [-0.15, -0.1) is 0 Å². The molecule has 1 aliphatic heterocycles. The van der Waals surface area contributed by atoms with Crippen LogP contribution in [-0.2, 0) is 0 Å². The van der Waals surface area contributed by atoms with Crippen molar-refractivity contribution in [1.29, 1.82) is 0 Å². The number of hydrogen-bond acceptors (Lipinski definition) is 3. The molecular weight excluding hydrogens is 252 g/mol. The van der Waals surface area contributed by atoms with Crippen LogP contribution in [0.1, 0.15) is 36.5 Å². The number of nitrogens with zero attached hydrogens (tertiary/aromatic N) is 2. The maximum Gasteiger partial charge on any atom is 0.184 e. The Labute approximate surface area is 120 Å². The van der Waals surface area contributed by atoms with E-state index in [1.54, 1.807) is 31.4 Å². The number of aliphatic imine (C=N–C) groups is 1. The van der Waals surface area contributed by atoms with Gasteiger partial charge in [-0.3, -0.25) is 9.79 Å². The second-order valence-corrected chi connectivity index (χ2v) is 4.97. The summed E-state index contributed by atoms with van der Waals surface area (Å²) >= 11 is 0. The summed E-state index contributed by atoms with van der Waals surface area (Å²) < 4.78 is 5.09. The van der Waals surface area contributed by atoms with E-state index in [1.807, 2.05) is 0 Å². The Morgan fingerprint density at radius 2 is 2.10 bits per heavy atom. The number of carbonyl (C=O) groups excluding carboxylic acids is 1. The lowest BCUT2D eigenvalue weighted by molar-refractivity contribution is 0.100. The first-order chi connectivity index (χ1) is 9.74. The van der Waals surface area contributed by atoms with E-state index in [-0.39, 0.29) is 12.3 Å². The van der Waals surface area contributed by atoms with Crippen LogP contribution in [0.5, 0.6) is 5.75 Å². The lowest BCUT2D eigenvalue weighted by Crippen LogP contribution is -2.26. The van der Waals surface area contributed by atoms with Gasteiger partial charge in [-0.1, -0.05) is 6.92 Å². The molecule has 4 heteroatoms. The van der Waals surface area contributed by atoms with Crippen molar-refractivity contribution in [3.05, 3.63) is 29.8 Å². The highest BCUT2D eigenvalue weighted by molar-refractivity contribution is 5.99. The van der Waals surface area contributed by atoms with Crippen molar-refractivity contribution >= 4 is 11.6 Å². The summed E-state index contributed by atoms with van der Waals surface area (Å²) in [5, 5.41) is 0. The van der Waals surface area contributed by atoms with Gasteiger partial charge in [-0.2, -0.15) is 0 Å². The van der Waals surface area contributed by atoms with Crippen molar-refractivity contribution in [1.82, 2.24) is 4.90 Å². The van der Waals surface area contributed by atoms with Crippen LogP contribution in [0.25, 0.3) is 0 Å². The van der Waals surface area contributed by atoms with Gasteiger partial charge in [0.25, 0.3) is 0 Å². The SMILES string of the molecule is CCCN1CCCC1=NCC(=O)c1ccc(OC)cc1. The Hall–Kier alpha value is -1.84. The molecule has 1 aromatic rings. The zero-order valence-electron chi connectivity index (χ0n) is 12.3. The normalized spacial score (nSPS) is 16.7. The highest BCUT2D eigenvalue weighted by Crippen LogP contribution is 2.14. The molecular formula is C16H22N2O2. The van der Waals surface area contributed by atoms with Crippen LogP contribution in [0.4, 0.5) is 0 Å². The predicted octanol–water partition coefficient (Wildman–Crippen LogP) is 2.78. The van der Waals surface area contributed by atoms with E-state index < -0.39 is 0 Å². The molecule has 1 fully saturated rings. The topological polar surface area (TPSA) is 41.9 Å². The van der Waals surface area contributed by atoms with E-state index >= 15 is 0 Å². The van der Waals surface area contributed by atoms with Gasteiger partial charge in [-0.25, -0.2) is 0 Å². The molecule has 2 rings (SSSR count). The smallest absolute Gasteiger partial charge is 0.184 e. The highest BCUT2D eigenvalue weighted by atomic mass is 16.5. The Bertz CT molecular complexity index is 480. The summed E-state index contributed by atoms with van der Waals surface area (Å²) in [5.41, 5.74) is 0.690. The molecule has 1 saturated heterocycles. The molecule has 1 aliphatic rings. The van der Waals surface area contributed by atoms with Crippen molar-refractivity contribution in [3.63, 3.8) is 0 Å². The van der Waals surface area contributed by atoms with Gasteiger partial charge in [0.15, 0.2) is 5.78 Å².